The number of ether oxygens (including phenoxy) is 1. The van der Waals surface area contributed by atoms with Gasteiger partial charge in [0.1, 0.15) is 4.88 Å². The quantitative estimate of drug-likeness (QED) is 0.697. The first-order valence-corrected chi connectivity index (χ1v) is 6.51. The highest BCUT2D eigenvalue weighted by Crippen LogP contribution is 2.19. The fourth-order valence-corrected chi connectivity index (χ4v) is 2.02. The molecule has 2 aromatic rings. The standard InChI is InChI=1S/C13H8F3NO3S/c14-7-3-4-8(12(16)11(7)15)17-10(18)6-20-13(19)9-2-1-5-21-9/h1-5H,6H2,(H,17,18). The molecule has 0 saturated heterocycles. The fraction of sp³-hybridized carbons (Fsp3) is 0.0769. The smallest absolute Gasteiger partial charge is 0.348 e. The lowest BCUT2D eigenvalue weighted by molar-refractivity contribution is -0.119. The number of anilines is 1. The van der Waals surface area contributed by atoms with Crippen LogP contribution in [0.4, 0.5) is 18.9 Å². The Morgan fingerprint density at radius 2 is 1.90 bits per heavy atom. The summed E-state index contributed by atoms with van der Waals surface area (Å²) in [5.74, 6) is -6.15. The Bertz CT molecular complexity index is 674. The predicted octanol–water partition coefficient (Wildman–Crippen LogP) is 2.96. The Morgan fingerprint density at radius 1 is 1.14 bits per heavy atom. The molecule has 4 nitrogen and oxygen atoms in total. The fourth-order valence-electron chi connectivity index (χ4n) is 1.41. The normalized spacial score (nSPS) is 10.2. The summed E-state index contributed by atoms with van der Waals surface area (Å²) < 4.78 is 43.7. The Kier molecular flexibility index (Phi) is 4.59. The Labute approximate surface area is 121 Å². The van der Waals surface area contributed by atoms with Gasteiger partial charge in [-0.3, -0.25) is 4.79 Å². The third-order valence-corrected chi connectivity index (χ3v) is 3.22. The number of esters is 1. The summed E-state index contributed by atoms with van der Waals surface area (Å²) in [5, 5.41) is 3.64. The molecule has 0 unspecified atom stereocenters. The highest BCUT2D eigenvalue weighted by Gasteiger charge is 2.16. The minimum Gasteiger partial charge on any atom is -0.451 e. The zero-order valence-electron chi connectivity index (χ0n) is 10.4. The summed E-state index contributed by atoms with van der Waals surface area (Å²) in [5.41, 5.74) is -0.536. The lowest BCUT2D eigenvalue weighted by atomic mass is 10.3. The third-order valence-electron chi connectivity index (χ3n) is 2.37. The maximum Gasteiger partial charge on any atom is 0.348 e. The first-order chi connectivity index (χ1) is 9.99. The number of benzene rings is 1. The van der Waals surface area contributed by atoms with Crippen molar-refractivity contribution in [3.05, 3.63) is 52.0 Å². The lowest BCUT2D eigenvalue weighted by Crippen LogP contribution is -2.21. The van der Waals surface area contributed by atoms with Crippen LogP contribution in [0.5, 0.6) is 0 Å². The van der Waals surface area contributed by atoms with Crippen LogP contribution >= 0.6 is 11.3 Å². The molecule has 21 heavy (non-hydrogen) atoms. The zero-order valence-corrected chi connectivity index (χ0v) is 11.2. The molecule has 0 aliphatic heterocycles. The summed E-state index contributed by atoms with van der Waals surface area (Å²) in [6.45, 7) is -0.671. The molecule has 1 amide bonds. The Hall–Kier alpha value is -2.35. The topological polar surface area (TPSA) is 55.4 Å². The highest BCUT2D eigenvalue weighted by molar-refractivity contribution is 7.11. The average Bonchev–Trinajstić information content (AvgIpc) is 3.00. The molecule has 0 radical (unpaired) electrons. The van der Waals surface area contributed by atoms with Crippen LogP contribution in [0.1, 0.15) is 9.67 Å². The molecule has 0 saturated carbocycles. The first-order valence-electron chi connectivity index (χ1n) is 5.63. The van der Waals surface area contributed by atoms with Gasteiger partial charge in [-0.15, -0.1) is 11.3 Å². The zero-order chi connectivity index (χ0) is 15.4. The third kappa shape index (κ3) is 3.60. The number of nitrogens with one attached hydrogen (secondary N) is 1. The van der Waals surface area contributed by atoms with Crippen LogP contribution in [-0.2, 0) is 9.53 Å². The number of thiophene rings is 1. The van der Waals surface area contributed by atoms with E-state index in [9.17, 15) is 22.8 Å². The van der Waals surface area contributed by atoms with Gasteiger partial charge in [-0.05, 0) is 23.6 Å². The van der Waals surface area contributed by atoms with Crippen molar-refractivity contribution in [1.82, 2.24) is 0 Å². The van der Waals surface area contributed by atoms with E-state index >= 15 is 0 Å². The van der Waals surface area contributed by atoms with Crippen molar-refractivity contribution in [3.8, 4) is 0 Å². The van der Waals surface area contributed by atoms with Crippen molar-refractivity contribution in [1.29, 1.82) is 0 Å². The summed E-state index contributed by atoms with van der Waals surface area (Å²) in [7, 11) is 0. The van der Waals surface area contributed by atoms with Gasteiger partial charge in [0.25, 0.3) is 5.91 Å². The second kappa shape index (κ2) is 6.40. The maximum atomic E-state index is 13.3. The molecule has 0 bridgehead atoms. The highest BCUT2D eigenvalue weighted by atomic mass is 32.1. The maximum absolute atomic E-state index is 13.3. The molecule has 8 heteroatoms. The van der Waals surface area contributed by atoms with E-state index < -0.39 is 41.6 Å². The van der Waals surface area contributed by atoms with Crippen LogP contribution in [0.25, 0.3) is 0 Å². The van der Waals surface area contributed by atoms with Gasteiger partial charge >= 0.3 is 5.97 Å². The van der Waals surface area contributed by atoms with Crippen LogP contribution in [0.3, 0.4) is 0 Å². The molecule has 1 heterocycles. The molecule has 0 aliphatic carbocycles. The van der Waals surface area contributed by atoms with Crippen molar-refractivity contribution in [3.63, 3.8) is 0 Å². The molecule has 0 aliphatic rings. The number of amides is 1. The summed E-state index contributed by atoms with van der Waals surface area (Å²) in [6, 6.07) is 4.69. The van der Waals surface area contributed by atoms with E-state index in [-0.39, 0.29) is 0 Å². The van der Waals surface area contributed by atoms with Crippen molar-refractivity contribution in [2.45, 2.75) is 0 Å². The minimum absolute atomic E-state index is 0.307. The summed E-state index contributed by atoms with van der Waals surface area (Å²) in [6.07, 6.45) is 0. The van der Waals surface area contributed by atoms with Gasteiger partial charge in [0.2, 0.25) is 0 Å². The molecule has 0 fully saturated rings. The van der Waals surface area contributed by atoms with E-state index in [2.05, 4.69) is 4.74 Å². The van der Waals surface area contributed by atoms with Crippen molar-refractivity contribution < 1.29 is 27.5 Å². The van der Waals surface area contributed by atoms with Crippen LogP contribution in [-0.4, -0.2) is 18.5 Å². The van der Waals surface area contributed by atoms with Gasteiger partial charge in [0, 0.05) is 0 Å². The van der Waals surface area contributed by atoms with Crippen LogP contribution < -0.4 is 5.32 Å². The molecule has 1 N–H and O–H groups in total. The number of halogens is 3. The van der Waals surface area contributed by atoms with Gasteiger partial charge < -0.3 is 10.1 Å². The second-order valence-corrected chi connectivity index (χ2v) is 4.77. The Balaban J connectivity index is 1.93. The van der Waals surface area contributed by atoms with E-state index in [4.69, 9.17) is 0 Å². The van der Waals surface area contributed by atoms with Crippen molar-refractivity contribution in [2.24, 2.45) is 0 Å². The van der Waals surface area contributed by atoms with E-state index in [1.54, 1.807) is 11.4 Å². The van der Waals surface area contributed by atoms with Crippen molar-refractivity contribution in [2.75, 3.05) is 11.9 Å². The average molecular weight is 315 g/mol. The van der Waals surface area contributed by atoms with Crippen LogP contribution in [0.2, 0.25) is 0 Å². The van der Waals surface area contributed by atoms with E-state index in [1.165, 1.54) is 6.07 Å². The van der Waals surface area contributed by atoms with Crippen LogP contribution in [0.15, 0.2) is 29.6 Å². The predicted molar refractivity (Wildman–Crippen MR) is 69.5 cm³/mol. The number of hydrogen-bond donors (Lipinski definition) is 1. The van der Waals surface area contributed by atoms with Crippen LogP contribution in [0, 0.1) is 17.5 Å². The molecule has 0 spiro atoms. The number of carbonyl (C=O) groups excluding carboxylic acids is 2. The van der Waals surface area contributed by atoms with Crippen molar-refractivity contribution >= 4 is 28.9 Å². The van der Waals surface area contributed by atoms with E-state index in [0.717, 1.165) is 17.4 Å². The minimum atomic E-state index is -1.69. The van der Waals surface area contributed by atoms with Gasteiger partial charge in [0.05, 0.1) is 5.69 Å². The monoisotopic (exact) mass is 315 g/mol. The molecule has 1 aromatic heterocycles. The first kappa shape index (κ1) is 15.0. The molecule has 0 atom stereocenters. The summed E-state index contributed by atoms with van der Waals surface area (Å²) in [4.78, 5) is 23.2. The largest absolute Gasteiger partial charge is 0.451 e. The van der Waals surface area contributed by atoms with E-state index in [0.29, 0.717) is 10.9 Å². The van der Waals surface area contributed by atoms with Gasteiger partial charge in [-0.25, -0.2) is 18.0 Å². The molecular formula is C13H8F3NO3S. The number of rotatable bonds is 4. The SMILES string of the molecule is O=C(COC(=O)c1cccs1)Nc1ccc(F)c(F)c1F. The van der Waals surface area contributed by atoms with Gasteiger partial charge in [0.15, 0.2) is 24.1 Å². The molecule has 2 rings (SSSR count). The second-order valence-electron chi connectivity index (χ2n) is 3.82. The summed E-state index contributed by atoms with van der Waals surface area (Å²) >= 11 is 1.14. The number of carbonyl (C=O) groups is 2. The van der Waals surface area contributed by atoms with Gasteiger partial charge in [-0.2, -0.15) is 0 Å². The molecular weight excluding hydrogens is 307 g/mol. The Morgan fingerprint density at radius 3 is 2.57 bits per heavy atom. The molecule has 1 aromatic carbocycles. The number of hydrogen-bond acceptors (Lipinski definition) is 4. The lowest BCUT2D eigenvalue weighted by Gasteiger charge is -2.07. The van der Waals surface area contributed by atoms with E-state index in [1.807, 2.05) is 5.32 Å². The molecule has 110 valence electrons. The van der Waals surface area contributed by atoms with Gasteiger partial charge in [-0.1, -0.05) is 6.07 Å².